The number of nitrogens with zero attached hydrogens (tertiary/aromatic N) is 2. The van der Waals surface area contributed by atoms with E-state index in [4.69, 9.17) is 0 Å². The van der Waals surface area contributed by atoms with E-state index in [1.165, 1.54) is 0 Å². The van der Waals surface area contributed by atoms with Gasteiger partial charge in [-0.1, -0.05) is 13.8 Å². The van der Waals surface area contributed by atoms with Crippen LogP contribution < -0.4 is 5.32 Å². The summed E-state index contributed by atoms with van der Waals surface area (Å²) >= 11 is 1.63. The molecule has 0 aliphatic carbocycles. The first-order valence-corrected chi connectivity index (χ1v) is 5.10. The third-order valence-electron chi connectivity index (χ3n) is 2.18. The van der Waals surface area contributed by atoms with Crippen molar-refractivity contribution in [2.75, 3.05) is 7.05 Å². The molecular formula is C8H15N3S. The molecule has 1 rings (SSSR count). The minimum absolute atomic E-state index is 0.465. The van der Waals surface area contributed by atoms with Gasteiger partial charge in [0.05, 0.1) is 0 Å². The monoisotopic (exact) mass is 185 g/mol. The molecule has 1 heterocycles. The zero-order chi connectivity index (χ0) is 8.97. The van der Waals surface area contributed by atoms with Crippen LogP contribution in [-0.4, -0.2) is 23.3 Å². The molecule has 0 aliphatic rings. The molecule has 0 saturated heterocycles. The van der Waals surface area contributed by atoms with E-state index < -0.39 is 0 Å². The summed E-state index contributed by atoms with van der Waals surface area (Å²) < 4.78 is 0. The second kappa shape index (κ2) is 4.52. The molecule has 0 saturated carbocycles. The first kappa shape index (κ1) is 9.61. The predicted molar refractivity (Wildman–Crippen MR) is 51.5 cm³/mol. The Hall–Kier alpha value is -0.480. The smallest absolute Gasteiger partial charge is 0.121 e. The molecule has 1 aromatic rings. The van der Waals surface area contributed by atoms with Crippen LogP contribution in [0.15, 0.2) is 5.51 Å². The fourth-order valence-corrected chi connectivity index (χ4v) is 2.04. The highest BCUT2D eigenvalue weighted by molar-refractivity contribution is 7.09. The first-order chi connectivity index (χ1) is 5.79. The lowest BCUT2D eigenvalue weighted by atomic mass is 10.0. The van der Waals surface area contributed by atoms with Crippen LogP contribution in [0.5, 0.6) is 0 Å². The summed E-state index contributed by atoms with van der Waals surface area (Å²) in [6, 6.07) is 0.512. The van der Waals surface area contributed by atoms with Crippen molar-refractivity contribution in [2.24, 2.45) is 0 Å². The fraction of sp³-hybridized carbons (Fsp3) is 0.750. The topological polar surface area (TPSA) is 37.8 Å². The maximum Gasteiger partial charge on any atom is 0.121 e. The van der Waals surface area contributed by atoms with Crippen LogP contribution in [0.25, 0.3) is 0 Å². The minimum Gasteiger partial charge on any atom is -0.316 e. The van der Waals surface area contributed by atoms with Gasteiger partial charge in [0.2, 0.25) is 0 Å². The van der Waals surface area contributed by atoms with E-state index >= 15 is 0 Å². The predicted octanol–water partition coefficient (Wildman–Crippen LogP) is 1.64. The molecule has 0 spiro atoms. The summed E-state index contributed by atoms with van der Waals surface area (Å²) in [6.45, 7) is 4.36. The van der Waals surface area contributed by atoms with E-state index in [0.29, 0.717) is 12.0 Å². The highest BCUT2D eigenvalue weighted by atomic mass is 32.1. The van der Waals surface area contributed by atoms with Crippen LogP contribution in [0.2, 0.25) is 0 Å². The van der Waals surface area contributed by atoms with Crippen LogP contribution in [-0.2, 0) is 0 Å². The Morgan fingerprint density at radius 1 is 1.67 bits per heavy atom. The largest absolute Gasteiger partial charge is 0.316 e. The van der Waals surface area contributed by atoms with E-state index in [-0.39, 0.29) is 0 Å². The Morgan fingerprint density at radius 2 is 2.42 bits per heavy atom. The Morgan fingerprint density at radius 3 is 2.83 bits per heavy atom. The lowest BCUT2D eigenvalue weighted by Gasteiger charge is -2.19. The highest BCUT2D eigenvalue weighted by Crippen LogP contribution is 2.21. The summed E-state index contributed by atoms with van der Waals surface area (Å²) in [5.74, 6) is 0.465. The van der Waals surface area contributed by atoms with E-state index in [0.717, 1.165) is 11.4 Å². The molecule has 1 aromatic heterocycles. The molecule has 0 radical (unpaired) electrons. The van der Waals surface area contributed by atoms with Crippen molar-refractivity contribution in [1.29, 1.82) is 0 Å². The van der Waals surface area contributed by atoms with Gasteiger partial charge in [-0.15, -0.1) is 21.5 Å². The molecule has 4 heteroatoms. The van der Waals surface area contributed by atoms with Crippen molar-refractivity contribution in [3.05, 3.63) is 10.5 Å². The number of nitrogens with one attached hydrogen (secondary N) is 1. The van der Waals surface area contributed by atoms with Crippen LogP contribution in [0.4, 0.5) is 0 Å². The van der Waals surface area contributed by atoms with Crippen molar-refractivity contribution in [3.63, 3.8) is 0 Å². The molecule has 0 bridgehead atoms. The molecule has 3 nitrogen and oxygen atoms in total. The zero-order valence-electron chi connectivity index (χ0n) is 7.74. The fourth-order valence-electron chi connectivity index (χ4n) is 1.36. The van der Waals surface area contributed by atoms with Crippen molar-refractivity contribution in [3.8, 4) is 0 Å². The average molecular weight is 185 g/mol. The van der Waals surface area contributed by atoms with Gasteiger partial charge in [0, 0.05) is 12.0 Å². The van der Waals surface area contributed by atoms with E-state index in [1.54, 1.807) is 16.8 Å². The van der Waals surface area contributed by atoms with Gasteiger partial charge < -0.3 is 5.32 Å². The van der Waals surface area contributed by atoms with Crippen molar-refractivity contribution in [2.45, 2.75) is 32.2 Å². The number of rotatable bonds is 4. The Kier molecular flexibility index (Phi) is 3.62. The van der Waals surface area contributed by atoms with E-state index in [9.17, 15) is 0 Å². The third-order valence-corrected chi connectivity index (χ3v) is 3.08. The first-order valence-electron chi connectivity index (χ1n) is 4.23. The van der Waals surface area contributed by atoms with Crippen molar-refractivity contribution >= 4 is 11.3 Å². The molecular weight excluding hydrogens is 170 g/mol. The number of hydrogen-bond acceptors (Lipinski definition) is 4. The van der Waals surface area contributed by atoms with Crippen LogP contribution in [0, 0.1) is 0 Å². The lowest BCUT2D eigenvalue weighted by Crippen LogP contribution is -2.29. The number of likely N-dealkylation sites (N-methyl/N-ethyl adjacent to an activating group) is 1. The Bertz CT molecular complexity index is 206. The van der Waals surface area contributed by atoms with Gasteiger partial charge in [0.15, 0.2) is 0 Å². The molecule has 12 heavy (non-hydrogen) atoms. The quantitative estimate of drug-likeness (QED) is 0.775. The maximum absolute atomic E-state index is 4.06. The van der Waals surface area contributed by atoms with Gasteiger partial charge in [-0.3, -0.25) is 0 Å². The second-order valence-electron chi connectivity index (χ2n) is 2.87. The van der Waals surface area contributed by atoms with Crippen LogP contribution in [0.3, 0.4) is 0 Å². The maximum atomic E-state index is 4.06. The minimum atomic E-state index is 0.465. The molecule has 2 atom stereocenters. The normalized spacial score (nSPS) is 15.9. The van der Waals surface area contributed by atoms with Crippen LogP contribution >= 0.6 is 11.3 Å². The van der Waals surface area contributed by atoms with Gasteiger partial charge in [-0.2, -0.15) is 0 Å². The third kappa shape index (κ3) is 2.01. The summed E-state index contributed by atoms with van der Waals surface area (Å²) in [5.41, 5.74) is 1.79. The molecule has 0 amide bonds. The summed E-state index contributed by atoms with van der Waals surface area (Å²) in [4.78, 5) is 0. The number of hydrogen-bond donors (Lipinski definition) is 1. The molecule has 0 fully saturated rings. The molecule has 0 aromatic carbocycles. The summed E-state index contributed by atoms with van der Waals surface area (Å²) in [7, 11) is 1.99. The van der Waals surface area contributed by atoms with Gasteiger partial charge in [-0.05, 0) is 13.5 Å². The second-order valence-corrected chi connectivity index (χ2v) is 3.73. The zero-order valence-corrected chi connectivity index (χ0v) is 8.56. The van der Waals surface area contributed by atoms with Crippen LogP contribution in [0.1, 0.15) is 31.2 Å². The van der Waals surface area contributed by atoms with Gasteiger partial charge >= 0.3 is 0 Å². The number of aromatic nitrogens is 2. The van der Waals surface area contributed by atoms with Gasteiger partial charge in [-0.25, -0.2) is 0 Å². The van der Waals surface area contributed by atoms with Gasteiger partial charge in [0.25, 0.3) is 0 Å². The van der Waals surface area contributed by atoms with Crippen molar-refractivity contribution in [1.82, 2.24) is 15.5 Å². The van der Waals surface area contributed by atoms with Gasteiger partial charge in [0.1, 0.15) is 10.5 Å². The summed E-state index contributed by atoms with van der Waals surface area (Å²) in [5, 5.41) is 12.3. The summed E-state index contributed by atoms with van der Waals surface area (Å²) in [6.07, 6.45) is 1.12. The lowest BCUT2D eigenvalue weighted by molar-refractivity contribution is 0.469. The van der Waals surface area contributed by atoms with E-state index in [1.807, 2.05) is 7.05 Å². The molecule has 2 unspecified atom stereocenters. The Labute approximate surface area is 77.2 Å². The Balaban J connectivity index is 2.63. The standard InChI is InChI=1S/C8H15N3S/c1-4-7(9-3)6(2)8-11-10-5-12-8/h5-7,9H,4H2,1-3H3. The molecule has 1 N–H and O–H groups in total. The van der Waals surface area contributed by atoms with Crippen molar-refractivity contribution < 1.29 is 0 Å². The molecule has 0 aliphatic heterocycles. The molecule has 68 valence electrons. The van der Waals surface area contributed by atoms with E-state index in [2.05, 4.69) is 29.4 Å². The SMILES string of the molecule is CCC(NC)C(C)c1nncs1. The average Bonchev–Trinajstić information content (AvgIpc) is 2.58. The highest BCUT2D eigenvalue weighted by Gasteiger charge is 2.17.